The number of benzene rings is 3. The van der Waals surface area contributed by atoms with E-state index in [1.54, 1.807) is 0 Å². The van der Waals surface area contributed by atoms with E-state index in [-0.39, 0.29) is 17.7 Å². The van der Waals surface area contributed by atoms with Crippen LogP contribution in [-0.2, 0) is 11.2 Å². The molecule has 0 aliphatic carbocycles. The third-order valence-electron chi connectivity index (χ3n) is 5.86. The van der Waals surface area contributed by atoms with E-state index in [1.165, 1.54) is 5.56 Å². The zero-order chi connectivity index (χ0) is 21.5. The summed E-state index contributed by atoms with van der Waals surface area (Å²) < 4.78 is 0. The van der Waals surface area contributed by atoms with Crippen LogP contribution >= 0.6 is 0 Å². The van der Waals surface area contributed by atoms with Crippen molar-refractivity contribution in [2.75, 3.05) is 13.1 Å². The summed E-state index contributed by atoms with van der Waals surface area (Å²) in [5.41, 5.74) is 5.12. The molecule has 1 unspecified atom stereocenters. The Labute approximate surface area is 183 Å². The van der Waals surface area contributed by atoms with Crippen LogP contribution in [0.15, 0.2) is 78.9 Å². The van der Waals surface area contributed by atoms with Crippen LogP contribution < -0.4 is 10.6 Å². The van der Waals surface area contributed by atoms with Gasteiger partial charge in [0.25, 0.3) is 5.91 Å². The van der Waals surface area contributed by atoms with Crippen molar-refractivity contribution < 1.29 is 9.59 Å². The fraction of sp³-hybridized carbons (Fsp3) is 0.259. The zero-order valence-corrected chi connectivity index (χ0v) is 17.6. The van der Waals surface area contributed by atoms with Gasteiger partial charge in [0.05, 0.1) is 0 Å². The minimum absolute atomic E-state index is 0.0371. The first kappa shape index (κ1) is 20.9. The van der Waals surface area contributed by atoms with Gasteiger partial charge in [0.2, 0.25) is 5.91 Å². The van der Waals surface area contributed by atoms with Crippen LogP contribution in [0.5, 0.6) is 0 Å². The maximum absolute atomic E-state index is 12.8. The van der Waals surface area contributed by atoms with Gasteiger partial charge >= 0.3 is 0 Å². The molecule has 1 atom stereocenters. The molecule has 2 amide bonds. The Bertz CT molecular complexity index is 1030. The number of hydrogen-bond acceptors (Lipinski definition) is 2. The summed E-state index contributed by atoms with van der Waals surface area (Å²) in [6.45, 7) is 1.36. The molecule has 0 saturated carbocycles. The highest BCUT2D eigenvalue weighted by Crippen LogP contribution is 2.28. The zero-order valence-electron chi connectivity index (χ0n) is 17.6. The molecule has 0 radical (unpaired) electrons. The number of amides is 2. The van der Waals surface area contributed by atoms with E-state index in [2.05, 4.69) is 47.0 Å². The van der Waals surface area contributed by atoms with Gasteiger partial charge in [-0.05, 0) is 47.6 Å². The smallest absolute Gasteiger partial charge is 0.251 e. The van der Waals surface area contributed by atoms with Crippen molar-refractivity contribution in [2.45, 2.75) is 31.6 Å². The second-order valence-electron chi connectivity index (χ2n) is 8.07. The lowest BCUT2D eigenvalue weighted by molar-refractivity contribution is -0.119. The van der Waals surface area contributed by atoms with Gasteiger partial charge in [-0.25, -0.2) is 0 Å². The summed E-state index contributed by atoms with van der Waals surface area (Å²) in [6, 6.07) is 26.4. The first-order valence-corrected chi connectivity index (χ1v) is 11.0. The number of hydrogen-bond donors (Lipinski definition) is 2. The van der Waals surface area contributed by atoms with Crippen LogP contribution in [0.2, 0.25) is 0 Å². The molecular weight excluding hydrogens is 384 g/mol. The molecule has 0 spiro atoms. The molecule has 0 bridgehead atoms. The second-order valence-corrected chi connectivity index (χ2v) is 8.07. The Hall–Kier alpha value is -3.40. The van der Waals surface area contributed by atoms with E-state index in [0.717, 1.165) is 36.0 Å². The van der Waals surface area contributed by atoms with Crippen LogP contribution in [0.25, 0.3) is 11.1 Å². The van der Waals surface area contributed by atoms with Crippen LogP contribution in [0.3, 0.4) is 0 Å². The Morgan fingerprint density at radius 1 is 0.903 bits per heavy atom. The summed E-state index contributed by atoms with van der Waals surface area (Å²) >= 11 is 0. The van der Waals surface area contributed by atoms with E-state index in [9.17, 15) is 9.59 Å². The fourth-order valence-electron chi connectivity index (χ4n) is 4.10. The topological polar surface area (TPSA) is 58.2 Å². The normalized spacial score (nSPS) is 15.5. The summed E-state index contributed by atoms with van der Waals surface area (Å²) in [5.74, 6) is 0.306. The van der Waals surface area contributed by atoms with Gasteiger partial charge in [-0.15, -0.1) is 0 Å². The monoisotopic (exact) mass is 412 g/mol. The maximum Gasteiger partial charge on any atom is 0.251 e. The molecule has 3 aromatic rings. The standard InChI is InChI=1S/C27H28N2O2/c30-26-18-23(19-29-26)21-13-15-22(16-14-21)24-11-4-5-12-25(24)27(31)28-17-7-6-10-20-8-2-1-3-9-20/h1-5,8-9,11-16,23H,6-7,10,17-19H2,(H,28,31)(H,29,30). The van der Waals surface area contributed by atoms with Crippen LogP contribution in [-0.4, -0.2) is 24.9 Å². The quantitative estimate of drug-likeness (QED) is 0.527. The van der Waals surface area contributed by atoms with Crippen LogP contribution in [0.1, 0.15) is 46.7 Å². The van der Waals surface area contributed by atoms with Crippen molar-refractivity contribution in [2.24, 2.45) is 0 Å². The van der Waals surface area contributed by atoms with Crippen LogP contribution in [0.4, 0.5) is 0 Å². The van der Waals surface area contributed by atoms with Gasteiger partial charge in [0, 0.05) is 31.0 Å². The molecule has 1 saturated heterocycles. The molecule has 1 aliphatic heterocycles. The molecule has 3 aromatic carbocycles. The maximum atomic E-state index is 12.8. The molecule has 2 N–H and O–H groups in total. The first-order chi connectivity index (χ1) is 15.2. The van der Waals surface area contributed by atoms with Crippen molar-refractivity contribution >= 4 is 11.8 Å². The SMILES string of the molecule is O=C1CC(c2ccc(-c3ccccc3C(=O)NCCCCc3ccccc3)cc2)CN1. The molecule has 0 aromatic heterocycles. The average Bonchev–Trinajstić information content (AvgIpc) is 3.26. The largest absolute Gasteiger partial charge is 0.355 e. The van der Waals surface area contributed by atoms with Gasteiger partial charge in [-0.3, -0.25) is 9.59 Å². The van der Waals surface area contributed by atoms with E-state index in [4.69, 9.17) is 0 Å². The molecule has 31 heavy (non-hydrogen) atoms. The molecule has 4 nitrogen and oxygen atoms in total. The molecule has 1 aliphatic rings. The highest BCUT2D eigenvalue weighted by molar-refractivity contribution is 6.00. The average molecular weight is 413 g/mol. The van der Waals surface area contributed by atoms with Gasteiger partial charge in [0.1, 0.15) is 0 Å². The van der Waals surface area contributed by atoms with E-state index in [1.807, 2.05) is 42.5 Å². The van der Waals surface area contributed by atoms with Crippen molar-refractivity contribution in [1.82, 2.24) is 10.6 Å². The van der Waals surface area contributed by atoms with Crippen molar-refractivity contribution in [1.29, 1.82) is 0 Å². The van der Waals surface area contributed by atoms with Gasteiger partial charge in [-0.2, -0.15) is 0 Å². The lowest BCUT2D eigenvalue weighted by Gasteiger charge is -2.12. The third kappa shape index (κ3) is 5.40. The lowest BCUT2D eigenvalue weighted by Crippen LogP contribution is -2.25. The summed E-state index contributed by atoms with van der Waals surface area (Å²) in [5, 5.41) is 5.96. The predicted octanol–water partition coefficient (Wildman–Crippen LogP) is 4.71. The fourth-order valence-corrected chi connectivity index (χ4v) is 4.10. The highest BCUT2D eigenvalue weighted by atomic mass is 16.2. The first-order valence-electron chi connectivity index (χ1n) is 11.0. The number of carbonyl (C=O) groups excluding carboxylic acids is 2. The Balaban J connectivity index is 1.35. The van der Waals surface area contributed by atoms with Crippen molar-refractivity contribution in [3.8, 4) is 11.1 Å². The molecular formula is C27H28N2O2. The molecule has 1 heterocycles. The minimum Gasteiger partial charge on any atom is -0.355 e. The van der Waals surface area contributed by atoms with Crippen molar-refractivity contribution in [3.05, 3.63) is 95.6 Å². The number of carbonyl (C=O) groups is 2. The highest BCUT2D eigenvalue weighted by Gasteiger charge is 2.23. The lowest BCUT2D eigenvalue weighted by atomic mass is 9.94. The summed E-state index contributed by atoms with van der Waals surface area (Å²) in [6.07, 6.45) is 3.57. The van der Waals surface area contributed by atoms with Crippen LogP contribution in [0, 0.1) is 0 Å². The Morgan fingerprint density at radius 2 is 1.65 bits per heavy atom. The van der Waals surface area contributed by atoms with Gasteiger partial charge < -0.3 is 10.6 Å². The van der Waals surface area contributed by atoms with Gasteiger partial charge in [-0.1, -0.05) is 72.8 Å². The number of aryl methyl sites for hydroxylation is 1. The minimum atomic E-state index is -0.0371. The Morgan fingerprint density at radius 3 is 2.39 bits per heavy atom. The van der Waals surface area contributed by atoms with E-state index >= 15 is 0 Å². The summed E-state index contributed by atoms with van der Waals surface area (Å²) in [4.78, 5) is 24.3. The third-order valence-corrected chi connectivity index (χ3v) is 5.86. The number of unbranched alkanes of at least 4 members (excludes halogenated alkanes) is 1. The second kappa shape index (κ2) is 10.1. The molecule has 1 fully saturated rings. The van der Waals surface area contributed by atoms with E-state index in [0.29, 0.717) is 25.1 Å². The summed E-state index contributed by atoms with van der Waals surface area (Å²) in [7, 11) is 0. The molecule has 158 valence electrons. The Kier molecular flexibility index (Phi) is 6.78. The number of nitrogens with one attached hydrogen (secondary N) is 2. The molecule has 4 rings (SSSR count). The predicted molar refractivity (Wildman–Crippen MR) is 124 cm³/mol. The number of rotatable bonds is 8. The molecule has 4 heteroatoms. The van der Waals surface area contributed by atoms with Gasteiger partial charge in [0.15, 0.2) is 0 Å². The van der Waals surface area contributed by atoms with E-state index < -0.39 is 0 Å². The van der Waals surface area contributed by atoms with Crippen molar-refractivity contribution in [3.63, 3.8) is 0 Å².